The molecule has 4 heteroatoms. The topological polar surface area (TPSA) is 43.6 Å². The van der Waals surface area contributed by atoms with Crippen LogP contribution in [0.3, 0.4) is 0 Å². The Labute approximate surface area is 302 Å². The summed E-state index contributed by atoms with van der Waals surface area (Å²) in [5.74, 6) is 0.729. The van der Waals surface area contributed by atoms with Crippen LogP contribution in [-0.4, -0.2) is 19.5 Å². The van der Waals surface area contributed by atoms with Crippen LogP contribution in [0.15, 0.2) is 170 Å². The quantitative estimate of drug-likeness (QED) is 0.184. The molecule has 246 valence electrons. The van der Waals surface area contributed by atoms with E-state index in [2.05, 4.69) is 169 Å². The van der Waals surface area contributed by atoms with Gasteiger partial charge in [-0.1, -0.05) is 129 Å². The number of fused-ring (bicyclic) bond motifs is 6. The van der Waals surface area contributed by atoms with Crippen LogP contribution < -0.4 is 0 Å². The zero-order valence-electron chi connectivity index (χ0n) is 29.0. The van der Waals surface area contributed by atoms with Crippen molar-refractivity contribution in [3.05, 3.63) is 181 Å². The van der Waals surface area contributed by atoms with Crippen molar-refractivity contribution in [1.82, 2.24) is 19.5 Å². The molecule has 0 amide bonds. The van der Waals surface area contributed by atoms with Crippen molar-refractivity contribution < 1.29 is 0 Å². The van der Waals surface area contributed by atoms with Gasteiger partial charge in [0.05, 0.1) is 22.4 Å². The largest absolute Gasteiger partial charge is 0.309 e. The fraction of sp³-hybridized carbons (Fsp3) is 0.0625. The van der Waals surface area contributed by atoms with Crippen LogP contribution in [0.1, 0.15) is 25.0 Å². The Morgan fingerprint density at radius 2 is 1.04 bits per heavy atom. The molecule has 3 aromatic heterocycles. The predicted octanol–water partition coefficient (Wildman–Crippen LogP) is 11.9. The van der Waals surface area contributed by atoms with Gasteiger partial charge in [-0.2, -0.15) is 0 Å². The zero-order valence-corrected chi connectivity index (χ0v) is 29.0. The molecule has 0 unspecified atom stereocenters. The third-order valence-corrected chi connectivity index (χ3v) is 10.7. The minimum atomic E-state index is -0.248. The highest BCUT2D eigenvalue weighted by Crippen LogP contribution is 2.51. The molecule has 0 saturated carbocycles. The van der Waals surface area contributed by atoms with Crippen LogP contribution in [0.2, 0.25) is 0 Å². The third kappa shape index (κ3) is 4.72. The molecule has 6 aromatic carbocycles. The van der Waals surface area contributed by atoms with Crippen molar-refractivity contribution >= 4 is 21.8 Å². The zero-order chi connectivity index (χ0) is 34.8. The lowest BCUT2D eigenvalue weighted by molar-refractivity contribution is 0.658. The molecule has 1 aliphatic rings. The SMILES string of the molecule is CC1(C)c2ccccc2-c2nc(-c3ccc(-c4ccncc4)cc3)nc(-c3ccc(-c4ccc5c(c4)c4ccccc4n5-c4ccccc4)cc3)c21. The van der Waals surface area contributed by atoms with E-state index in [0.29, 0.717) is 0 Å². The van der Waals surface area contributed by atoms with Crippen molar-refractivity contribution in [3.8, 4) is 61.8 Å². The van der Waals surface area contributed by atoms with Crippen molar-refractivity contribution in [1.29, 1.82) is 0 Å². The van der Waals surface area contributed by atoms with Crippen LogP contribution in [-0.2, 0) is 5.41 Å². The number of para-hydroxylation sites is 2. The predicted molar refractivity (Wildman–Crippen MR) is 213 cm³/mol. The first-order valence-corrected chi connectivity index (χ1v) is 17.8. The van der Waals surface area contributed by atoms with Gasteiger partial charge in [0, 0.05) is 56.5 Å². The minimum Gasteiger partial charge on any atom is -0.309 e. The van der Waals surface area contributed by atoms with Gasteiger partial charge in [-0.25, -0.2) is 9.97 Å². The number of rotatable bonds is 5. The summed E-state index contributed by atoms with van der Waals surface area (Å²) in [5, 5.41) is 2.49. The number of hydrogen-bond acceptors (Lipinski definition) is 3. The van der Waals surface area contributed by atoms with E-state index in [1.807, 2.05) is 24.5 Å². The average Bonchev–Trinajstić information content (AvgIpc) is 3.66. The van der Waals surface area contributed by atoms with Gasteiger partial charge in [-0.05, 0) is 70.3 Å². The Morgan fingerprint density at radius 1 is 0.462 bits per heavy atom. The Morgan fingerprint density at radius 3 is 1.83 bits per heavy atom. The van der Waals surface area contributed by atoms with E-state index in [1.54, 1.807) is 0 Å². The third-order valence-electron chi connectivity index (χ3n) is 10.7. The van der Waals surface area contributed by atoms with Crippen molar-refractivity contribution in [2.24, 2.45) is 0 Å². The van der Waals surface area contributed by atoms with Gasteiger partial charge in [0.2, 0.25) is 0 Å². The van der Waals surface area contributed by atoms with Crippen molar-refractivity contribution in [2.45, 2.75) is 19.3 Å². The molecule has 3 heterocycles. The van der Waals surface area contributed by atoms with E-state index in [9.17, 15) is 0 Å². The van der Waals surface area contributed by atoms with Gasteiger partial charge >= 0.3 is 0 Å². The molecule has 4 nitrogen and oxygen atoms in total. The highest BCUT2D eigenvalue weighted by molar-refractivity contribution is 6.10. The lowest BCUT2D eigenvalue weighted by Gasteiger charge is -2.24. The summed E-state index contributed by atoms with van der Waals surface area (Å²) < 4.78 is 2.36. The molecule has 9 aromatic rings. The van der Waals surface area contributed by atoms with Crippen LogP contribution in [0.5, 0.6) is 0 Å². The number of benzene rings is 6. The molecule has 0 bridgehead atoms. The van der Waals surface area contributed by atoms with Crippen LogP contribution >= 0.6 is 0 Å². The molecule has 0 radical (unpaired) electrons. The molecular formula is C48H34N4. The normalized spacial score (nSPS) is 13.0. The first-order valence-electron chi connectivity index (χ1n) is 17.8. The monoisotopic (exact) mass is 666 g/mol. The minimum absolute atomic E-state index is 0.248. The number of hydrogen-bond donors (Lipinski definition) is 0. The molecule has 0 saturated heterocycles. The van der Waals surface area contributed by atoms with Crippen molar-refractivity contribution in [3.63, 3.8) is 0 Å². The lowest BCUT2D eigenvalue weighted by atomic mass is 9.80. The first kappa shape index (κ1) is 30.2. The fourth-order valence-corrected chi connectivity index (χ4v) is 8.14. The summed E-state index contributed by atoms with van der Waals surface area (Å²) in [6, 6.07) is 56.3. The summed E-state index contributed by atoms with van der Waals surface area (Å²) in [6.07, 6.45) is 3.65. The van der Waals surface area contributed by atoms with E-state index in [1.165, 1.54) is 49.6 Å². The van der Waals surface area contributed by atoms with E-state index in [-0.39, 0.29) is 5.41 Å². The molecule has 1 aliphatic carbocycles. The molecule has 10 rings (SSSR count). The molecule has 0 spiro atoms. The van der Waals surface area contributed by atoms with Gasteiger partial charge in [0.1, 0.15) is 0 Å². The van der Waals surface area contributed by atoms with Gasteiger partial charge in [0.15, 0.2) is 5.82 Å². The van der Waals surface area contributed by atoms with E-state index in [4.69, 9.17) is 9.97 Å². The number of pyridine rings is 1. The Bertz CT molecular complexity index is 2780. The first-order chi connectivity index (χ1) is 25.5. The highest BCUT2D eigenvalue weighted by atomic mass is 15.0. The molecule has 0 fully saturated rings. The van der Waals surface area contributed by atoms with E-state index in [0.717, 1.165) is 45.2 Å². The van der Waals surface area contributed by atoms with Gasteiger partial charge in [-0.15, -0.1) is 0 Å². The summed E-state index contributed by atoms with van der Waals surface area (Å²) in [6.45, 7) is 4.59. The van der Waals surface area contributed by atoms with Crippen LogP contribution in [0.4, 0.5) is 0 Å². The van der Waals surface area contributed by atoms with Gasteiger partial charge < -0.3 is 4.57 Å². The Balaban J connectivity index is 1.08. The fourth-order valence-electron chi connectivity index (χ4n) is 8.14. The molecular weight excluding hydrogens is 633 g/mol. The van der Waals surface area contributed by atoms with Crippen molar-refractivity contribution in [2.75, 3.05) is 0 Å². The standard InChI is InChI=1S/C48H34N4/c1-48(2)41-14-8-6-13-39(41)46-44(48)45(50-47(51-46)35-22-18-31(19-23-35)33-26-28-49-29-27-33)34-20-16-32(17-21-34)36-24-25-43-40(30-36)38-12-7-9-15-42(38)52(43)37-10-4-3-5-11-37/h3-30H,1-2H3. The van der Waals surface area contributed by atoms with E-state index >= 15 is 0 Å². The lowest BCUT2D eigenvalue weighted by Crippen LogP contribution is -2.17. The maximum atomic E-state index is 5.35. The van der Waals surface area contributed by atoms with Gasteiger partial charge in [0.25, 0.3) is 0 Å². The smallest absolute Gasteiger partial charge is 0.160 e. The maximum Gasteiger partial charge on any atom is 0.160 e. The molecule has 0 aliphatic heterocycles. The average molecular weight is 667 g/mol. The Kier molecular flexibility index (Phi) is 6.80. The number of aromatic nitrogens is 4. The molecule has 52 heavy (non-hydrogen) atoms. The molecule has 0 atom stereocenters. The van der Waals surface area contributed by atoms with Crippen LogP contribution in [0.25, 0.3) is 83.6 Å². The van der Waals surface area contributed by atoms with Crippen LogP contribution in [0, 0.1) is 0 Å². The Hall–Kier alpha value is -6.65. The second kappa shape index (κ2) is 11.7. The summed E-state index contributed by atoms with van der Waals surface area (Å²) in [5.41, 5.74) is 15.7. The molecule has 0 N–H and O–H groups in total. The summed E-state index contributed by atoms with van der Waals surface area (Å²) in [4.78, 5) is 14.8. The van der Waals surface area contributed by atoms with E-state index < -0.39 is 0 Å². The second-order valence-electron chi connectivity index (χ2n) is 14.1. The highest BCUT2D eigenvalue weighted by Gasteiger charge is 2.40. The number of nitrogens with zero attached hydrogens (tertiary/aromatic N) is 4. The second-order valence-corrected chi connectivity index (χ2v) is 14.1. The summed E-state index contributed by atoms with van der Waals surface area (Å²) >= 11 is 0. The van der Waals surface area contributed by atoms with Gasteiger partial charge in [-0.3, -0.25) is 4.98 Å². The maximum absolute atomic E-state index is 5.35. The summed E-state index contributed by atoms with van der Waals surface area (Å²) in [7, 11) is 0.